The van der Waals surface area contributed by atoms with Crippen LogP contribution < -0.4 is 20.9 Å². The van der Waals surface area contributed by atoms with Crippen LogP contribution in [0.1, 0.15) is 11.1 Å². The number of nitrogens with one attached hydrogen (secondary N) is 3. The number of hydrogen-bond donors (Lipinski definition) is 3. The highest BCUT2D eigenvalue weighted by atomic mass is 35.5. The minimum atomic E-state index is -0.476. The maximum absolute atomic E-state index is 11.8. The molecule has 0 aromatic heterocycles. The van der Waals surface area contributed by atoms with Crippen molar-refractivity contribution in [1.82, 2.24) is 16.2 Å². The van der Waals surface area contributed by atoms with E-state index in [-0.39, 0.29) is 11.7 Å². The summed E-state index contributed by atoms with van der Waals surface area (Å²) >= 11 is 16.9. The third kappa shape index (κ3) is 7.19. The second-order valence-electron chi connectivity index (χ2n) is 5.55. The third-order valence-electron chi connectivity index (χ3n) is 3.37. The number of thiocarbonyl (C=S) groups is 1. The van der Waals surface area contributed by atoms with Crippen molar-refractivity contribution in [3.63, 3.8) is 0 Å². The fraction of sp³-hybridized carbons (Fsp3) is 0.105. The molecular formula is C19H17Cl2N3O3S. The van der Waals surface area contributed by atoms with Gasteiger partial charge >= 0.3 is 0 Å². The summed E-state index contributed by atoms with van der Waals surface area (Å²) in [6.45, 7) is 1.59. The van der Waals surface area contributed by atoms with Crippen molar-refractivity contribution in [1.29, 1.82) is 0 Å². The number of amides is 2. The molecule has 3 N–H and O–H groups in total. The van der Waals surface area contributed by atoms with Crippen molar-refractivity contribution in [2.24, 2.45) is 0 Å². The van der Waals surface area contributed by atoms with E-state index in [1.54, 1.807) is 48.5 Å². The second kappa shape index (κ2) is 10.7. The van der Waals surface area contributed by atoms with Crippen molar-refractivity contribution >= 4 is 58.4 Å². The predicted octanol–water partition coefficient (Wildman–Crippen LogP) is 3.42. The number of carbonyl (C=O) groups excluding carboxylic acids is 2. The first-order chi connectivity index (χ1) is 13.3. The highest BCUT2D eigenvalue weighted by molar-refractivity contribution is 7.80. The first kappa shape index (κ1) is 21.7. The number of hydrazine groups is 1. The predicted molar refractivity (Wildman–Crippen MR) is 114 cm³/mol. The average Bonchev–Trinajstić information content (AvgIpc) is 2.66. The highest BCUT2D eigenvalue weighted by Gasteiger charge is 2.06. The molecular weight excluding hydrogens is 421 g/mol. The van der Waals surface area contributed by atoms with Gasteiger partial charge in [-0.1, -0.05) is 41.4 Å². The number of rotatable bonds is 5. The van der Waals surface area contributed by atoms with Crippen LogP contribution in [0.4, 0.5) is 0 Å². The van der Waals surface area contributed by atoms with E-state index in [9.17, 15) is 9.59 Å². The molecule has 0 saturated carbocycles. The maximum atomic E-state index is 11.8. The van der Waals surface area contributed by atoms with E-state index in [1.165, 1.54) is 6.08 Å². The van der Waals surface area contributed by atoms with Gasteiger partial charge in [-0.05, 0) is 60.6 Å². The lowest BCUT2D eigenvalue weighted by atomic mass is 10.2. The third-order valence-corrected chi connectivity index (χ3v) is 4.34. The molecule has 0 radical (unpaired) electrons. The first-order valence-electron chi connectivity index (χ1n) is 8.06. The number of halogens is 2. The first-order valence-corrected chi connectivity index (χ1v) is 9.23. The lowest BCUT2D eigenvalue weighted by Crippen LogP contribution is -2.49. The van der Waals surface area contributed by atoms with Crippen molar-refractivity contribution in [3.8, 4) is 5.75 Å². The van der Waals surface area contributed by atoms with Crippen LogP contribution in [-0.4, -0.2) is 23.5 Å². The molecule has 28 heavy (non-hydrogen) atoms. The van der Waals surface area contributed by atoms with Crippen molar-refractivity contribution in [3.05, 3.63) is 69.7 Å². The van der Waals surface area contributed by atoms with Gasteiger partial charge in [0.25, 0.3) is 5.91 Å². The molecule has 2 amide bonds. The molecule has 9 heteroatoms. The van der Waals surface area contributed by atoms with Crippen molar-refractivity contribution < 1.29 is 14.3 Å². The highest BCUT2D eigenvalue weighted by Crippen LogP contribution is 2.20. The Balaban J connectivity index is 1.72. The fourth-order valence-electron chi connectivity index (χ4n) is 1.98. The number of benzene rings is 2. The van der Waals surface area contributed by atoms with Gasteiger partial charge in [0.2, 0.25) is 5.91 Å². The Kier molecular flexibility index (Phi) is 8.25. The zero-order valence-electron chi connectivity index (χ0n) is 14.8. The maximum Gasteiger partial charge on any atom is 0.276 e. The molecule has 0 spiro atoms. The topological polar surface area (TPSA) is 79.5 Å². The summed E-state index contributed by atoms with van der Waals surface area (Å²) < 4.78 is 5.35. The van der Waals surface area contributed by atoms with Crippen LogP contribution in [0, 0.1) is 6.92 Å². The van der Waals surface area contributed by atoms with Gasteiger partial charge in [0.15, 0.2) is 11.7 Å². The monoisotopic (exact) mass is 437 g/mol. The van der Waals surface area contributed by atoms with Crippen LogP contribution >= 0.6 is 35.4 Å². The largest absolute Gasteiger partial charge is 0.484 e. The summed E-state index contributed by atoms with van der Waals surface area (Å²) in [5.74, 6) is -0.437. The minimum absolute atomic E-state index is 0.0653. The molecule has 0 saturated heterocycles. The van der Waals surface area contributed by atoms with Crippen molar-refractivity contribution in [2.75, 3.05) is 6.61 Å². The molecule has 0 bridgehead atoms. The Labute approximate surface area is 177 Å². The SMILES string of the molecule is Cc1cc(OCC(=O)NNC(=S)NC(=O)C=Cc2ccccc2Cl)ccc1Cl. The van der Waals surface area contributed by atoms with E-state index in [0.29, 0.717) is 21.4 Å². The normalized spacial score (nSPS) is 10.4. The molecule has 2 rings (SSSR count). The Morgan fingerprint density at radius 2 is 1.86 bits per heavy atom. The van der Waals surface area contributed by atoms with Crippen LogP contribution in [0.15, 0.2) is 48.5 Å². The lowest BCUT2D eigenvalue weighted by Gasteiger charge is -2.11. The van der Waals surface area contributed by atoms with E-state index in [1.807, 2.05) is 6.92 Å². The second-order valence-corrected chi connectivity index (χ2v) is 6.77. The number of aryl methyl sites for hydroxylation is 1. The molecule has 0 aliphatic heterocycles. The van der Waals surface area contributed by atoms with Crippen molar-refractivity contribution in [2.45, 2.75) is 6.92 Å². The molecule has 0 aliphatic rings. The molecule has 0 atom stereocenters. The van der Waals surface area contributed by atoms with E-state index in [0.717, 1.165) is 5.56 Å². The summed E-state index contributed by atoms with van der Waals surface area (Å²) in [5.41, 5.74) is 6.28. The molecule has 0 aliphatic carbocycles. The number of ether oxygens (including phenoxy) is 1. The average molecular weight is 438 g/mol. The molecule has 0 unspecified atom stereocenters. The van der Waals surface area contributed by atoms with Crippen LogP contribution in [0.2, 0.25) is 10.0 Å². The molecule has 2 aromatic rings. The number of carbonyl (C=O) groups is 2. The smallest absolute Gasteiger partial charge is 0.276 e. The number of hydrogen-bond acceptors (Lipinski definition) is 4. The van der Waals surface area contributed by atoms with Gasteiger partial charge in [0, 0.05) is 16.1 Å². The Morgan fingerprint density at radius 1 is 1.11 bits per heavy atom. The summed E-state index contributed by atoms with van der Waals surface area (Å²) in [6.07, 6.45) is 2.84. The zero-order valence-corrected chi connectivity index (χ0v) is 17.1. The fourth-order valence-corrected chi connectivity index (χ4v) is 2.45. The van der Waals surface area contributed by atoms with E-state index in [2.05, 4.69) is 16.2 Å². The van der Waals surface area contributed by atoms with Crippen LogP contribution in [0.25, 0.3) is 6.08 Å². The molecule has 0 heterocycles. The van der Waals surface area contributed by atoms with Gasteiger partial charge in [-0.3, -0.25) is 25.8 Å². The van der Waals surface area contributed by atoms with Gasteiger partial charge in [-0.25, -0.2) is 0 Å². The van der Waals surface area contributed by atoms with Gasteiger partial charge in [0.05, 0.1) is 0 Å². The Hall–Kier alpha value is -2.61. The summed E-state index contributed by atoms with van der Waals surface area (Å²) in [7, 11) is 0. The molecule has 0 fully saturated rings. The summed E-state index contributed by atoms with van der Waals surface area (Å²) in [4.78, 5) is 23.6. The van der Waals surface area contributed by atoms with Gasteiger partial charge in [-0.15, -0.1) is 0 Å². The standard InChI is InChI=1S/C19H17Cl2N3O3S/c1-12-10-14(7-8-15(12)20)27-11-18(26)23-24-19(28)22-17(25)9-6-13-4-2-3-5-16(13)21/h2-10H,11H2,1H3,(H,23,26)(H2,22,24,25,28). The van der Waals surface area contributed by atoms with Gasteiger partial charge in [0.1, 0.15) is 5.75 Å². The molecule has 146 valence electrons. The van der Waals surface area contributed by atoms with Gasteiger partial charge < -0.3 is 4.74 Å². The zero-order chi connectivity index (χ0) is 20.5. The van der Waals surface area contributed by atoms with Gasteiger partial charge in [-0.2, -0.15) is 0 Å². The minimum Gasteiger partial charge on any atom is -0.484 e. The van der Waals surface area contributed by atoms with E-state index in [4.69, 9.17) is 40.2 Å². The molecule has 2 aromatic carbocycles. The molecule has 6 nitrogen and oxygen atoms in total. The van der Waals surface area contributed by atoms with E-state index >= 15 is 0 Å². The van der Waals surface area contributed by atoms with Crippen LogP contribution in [0.3, 0.4) is 0 Å². The van der Waals surface area contributed by atoms with Crippen LogP contribution in [-0.2, 0) is 9.59 Å². The Morgan fingerprint density at radius 3 is 2.57 bits per heavy atom. The van der Waals surface area contributed by atoms with Crippen LogP contribution in [0.5, 0.6) is 5.75 Å². The summed E-state index contributed by atoms with van der Waals surface area (Å²) in [5, 5.41) is 3.47. The lowest BCUT2D eigenvalue weighted by molar-refractivity contribution is -0.123. The van der Waals surface area contributed by atoms with E-state index < -0.39 is 11.8 Å². The quantitative estimate of drug-likeness (QED) is 0.379. The Bertz CT molecular complexity index is 919. The summed E-state index contributed by atoms with van der Waals surface area (Å²) in [6, 6.07) is 12.1.